The summed E-state index contributed by atoms with van der Waals surface area (Å²) in [6.07, 6.45) is 0. The first-order chi connectivity index (χ1) is 11.6. The van der Waals surface area contributed by atoms with Crippen LogP contribution < -0.4 is 25.8 Å². The van der Waals surface area contributed by atoms with Crippen molar-refractivity contribution in [2.24, 2.45) is 5.73 Å². The highest BCUT2D eigenvalue weighted by molar-refractivity contribution is 6.07. The number of nitrogens with two attached hydrogens (primary N) is 1. The first kappa shape index (κ1) is 17.3. The molecule has 0 fully saturated rings. The van der Waals surface area contributed by atoms with Gasteiger partial charge in [0.2, 0.25) is 5.91 Å². The van der Waals surface area contributed by atoms with Crippen LogP contribution in [0.25, 0.3) is 0 Å². The second-order valence-electron chi connectivity index (χ2n) is 4.85. The molecular weight excluding hydrogens is 310 g/mol. The van der Waals surface area contributed by atoms with Crippen LogP contribution in [0.15, 0.2) is 42.5 Å². The molecule has 0 saturated carbocycles. The van der Waals surface area contributed by atoms with E-state index in [1.54, 1.807) is 49.6 Å². The van der Waals surface area contributed by atoms with E-state index in [0.717, 1.165) is 0 Å². The van der Waals surface area contributed by atoms with E-state index < -0.39 is 0 Å². The van der Waals surface area contributed by atoms with Gasteiger partial charge in [-0.05, 0) is 36.4 Å². The number of ether oxygens (including phenoxy) is 2. The van der Waals surface area contributed by atoms with Gasteiger partial charge < -0.3 is 25.8 Å². The smallest absolute Gasteiger partial charge is 0.255 e. The van der Waals surface area contributed by atoms with E-state index in [9.17, 15) is 9.59 Å². The molecule has 24 heavy (non-hydrogen) atoms. The lowest BCUT2D eigenvalue weighted by Gasteiger charge is -2.13. The van der Waals surface area contributed by atoms with Gasteiger partial charge in [0, 0.05) is 11.6 Å². The Bertz CT molecular complexity index is 729. The molecule has 0 saturated heterocycles. The van der Waals surface area contributed by atoms with Crippen LogP contribution in [0.5, 0.6) is 11.5 Å². The van der Waals surface area contributed by atoms with Crippen molar-refractivity contribution in [3.8, 4) is 11.5 Å². The third kappa shape index (κ3) is 4.23. The predicted octanol–water partition coefficient (Wildman–Crippen LogP) is 1.85. The summed E-state index contributed by atoms with van der Waals surface area (Å²) in [5.74, 6) is 0.519. The number of nitrogens with one attached hydrogen (secondary N) is 2. The van der Waals surface area contributed by atoms with Crippen LogP contribution in [0.2, 0.25) is 0 Å². The quantitative estimate of drug-likeness (QED) is 0.750. The molecule has 0 spiro atoms. The molecule has 0 bridgehead atoms. The minimum Gasteiger partial charge on any atom is -0.497 e. The molecular formula is C17H19N3O4. The first-order valence-electron chi connectivity index (χ1n) is 7.20. The minimum atomic E-state index is -0.372. The van der Waals surface area contributed by atoms with Crippen molar-refractivity contribution in [2.45, 2.75) is 0 Å². The van der Waals surface area contributed by atoms with Crippen LogP contribution in [-0.4, -0.2) is 32.6 Å². The standard InChI is InChI=1S/C17H19N3O4/c1-23-12-5-3-11(4-6-12)17(22)20-14-8-7-13(24-2)9-15(14)19-16(21)10-18/h3-9H,10,18H2,1-2H3,(H,19,21)(H,20,22). The first-order valence-corrected chi connectivity index (χ1v) is 7.20. The molecule has 0 radical (unpaired) electrons. The van der Waals surface area contributed by atoms with E-state index in [4.69, 9.17) is 15.2 Å². The summed E-state index contributed by atoms with van der Waals surface area (Å²) in [4.78, 5) is 23.9. The van der Waals surface area contributed by atoms with Crippen molar-refractivity contribution in [1.82, 2.24) is 0 Å². The highest BCUT2D eigenvalue weighted by atomic mass is 16.5. The van der Waals surface area contributed by atoms with Gasteiger partial charge in [0.05, 0.1) is 32.1 Å². The Morgan fingerprint density at radius 1 is 0.917 bits per heavy atom. The third-order valence-electron chi connectivity index (χ3n) is 3.29. The second kappa shape index (κ2) is 7.98. The van der Waals surface area contributed by atoms with Crippen LogP contribution >= 0.6 is 0 Å². The summed E-state index contributed by atoms with van der Waals surface area (Å²) >= 11 is 0. The van der Waals surface area contributed by atoms with Crippen molar-refractivity contribution in [2.75, 3.05) is 31.4 Å². The Balaban J connectivity index is 2.23. The fourth-order valence-corrected chi connectivity index (χ4v) is 2.00. The molecule has 7 heteroatoms. The number of carbonyl (C=O) groups is 2. The zero-order valence-electron chi connectivity index (χ0n) is 13.5. The van der Waals surface area contributed by atoms with Gasteiger partial charge in [-0.3, -0.25) is 9.59 Å². The molecule has 2 amide bonds. The van der Waals surface area contributed by atoms with Crippen LogP contribution in [0.4, 0.5) is 11.4 Å². The SMILES string of the molecule is COc1ccc(C(=O)Nc2ccc(OC)cc2NC(=O)CN)cc1. The largest absolute Gasteiger partial charge is 0.497 e. The number of anilines is 2. The summed E-state index contributed by atoms with van der Waals surface area (Å²) in [5, 5.41) is 5.39. The molecule has 7 nitrogen and oxygen atoms in total. The van der Waals surface area contributed by atoms with Crippen molar-refractivity contribution in [3.63, 3.8) is 0 Å². The Hall–Kier alpha value is -3.06. The van der Waals surface area contributed by atoms with Crippen LogP contribution in [0, 0.1) is 0 Å². The Kier molecular flexibility index (Phi) is 5.75. The average molecular weight is 329 g/mol. The Morgan fingerprint density at radius 3 is 2.12 bits per heavy atom. The number of amides is 2. The Morgan fingerprint density at radius 2 is 1.54 bits per heavy atom. The fourth-order valence-electron chi connectivity index (χ4n) is 2.00. The lowest BCUT2D eigenvalue weighted by Crippen LogP contribution is -2.23. The topological polar surface area (TPSA) is 103 Å². The van der Waals surface area contributed by atoms with E-state index >= 15 is 0 Å². The minimum absolute atomic E-state index is 0.164. The molecule has 2 aromatic carbocycles. The molecule has 4 N–H and O–H groups in total. The number of carbonyl (C=O) groups excluding carboxylic acids is 2. The molecule has 0 aromatic heterocycles. The van der Waals surface area contributed by atoms with Crippen LogP contribution in [0.1, 0.15) is 10.4 Å². The molecule has 0 aliphatic carbocycles. The second-order valence-corrected chi connectivity index (χ2v) is 4.85. The maximum atomic E-state index is 12.4. The number of methoxy groups -OCH3 is 2. The summed E-state index contributed by atoms with van der Waals surface area (Å²) in [5.41, 5.74) is 6.63. The molecule has 0 aliphatic heterocycles. The molecule has 126 valence electrons. The van der Waals surface area contributed by atoms with E-state index in [2.05, 4.69) is 10.6 Å². The van der Waals surface area contributed by atoms with Crippen LogP contribution in [-0.2, 0) is 4.79 Å². The van der Waals surface area contributed by atoms with Crippen molar-refractivity contribution < 1.29 is 19.1 Å². The summed E-state index contributed by atoms with van der Waals surface area (Å²) < 4.78 is 10.2. The highest BCUT2D eigenvalue weighted by Crippen LogP contribution is 2.27. The molecule has 0 aliphatic rings. The zero-order valence-corrected chi connectivity index (χ0v) is 13.5. The van der Waals surface area contributed by atoms with Crippen molar-refractivity contribution in [3.05, 3.63) is 48.0 Å². The van der Waals surface area contributed by atoms with Gasteiger partial charge in [-0.25, -0.2) is 0 Å². The monoisotopic (exact) mass is 329 g/mol. The zero-order chi connectivity index (χ0) is 17.5. The molecule has 2 aromatic rings. The number of benzene rings is 2. The normalized spacial score (nSPS) is 9.96. The van der Waals surface area contributed by atoms with Crippen molar-refractivity contribution >= 4 is 23.2 Å². The fraction of sp³-hybridized carbons (Fsp3) is 0.176. The molecule has 0 unspecified atom stereocenters. The van der Waals surface area contributed by atoms with Gasteiger partial charge >= 0.3 is 0 Å². The maximum absolute atomic E-state index is 12.4. The van der Waals surface area contributed by atoms with Gasteiger partial charge in [0.15, 0.2) is 0 Å². The summed E-state index contributed by atoms with van der Waals surface area (Å²) in [6, 6.07) is 11.6. The van der Waals surface area contributed by atoms with E-state index in [-0.39, 0.29) is 18.4 Å². The highest BCUT2D eigenvalue weighted by Gasteiger charge is 2.12. The van der Waals surface area contributed by atoms with Gasteiger partial charge in [0.1, 0.15) is 11.5 Å². The lowest BCUT2D eigenvalue weighted by molar-refractivity contribution is -0.114. The average Bonchev–Trinajstić information content (AvgIpc) is 2.62. The van der Waals surface area contributed by atoms with Gasteiger partial charge in [-0.1, -0.05) is 0 Å². The van der Waals surface area contributed by atoms with Gasteiger partial charge in [-0.15, -0.1) is 0 Å². The van der Waals surface area contributed by atoms with Gasteiger partial charge in [0.25, 0.3) is 5.91 Å². The molecule has 0 atom stereocenters. The van der Waals surface area contributed by atoms with E-state index in [1.807, 2.05) is 0 Å². The summed E-state index contributed by atoms with van der Waals surface area (Å²) in [6.45, 7) is -0.164. The summed E-state index contributed by atoms with van der Waals surface area (Å²) in [7, 11) is 3.07. The van der Waals surface area contributed by atoms with Crippen molar-refractivity contribution in [1.29, 1.82) is 0 Å². The van der Waals surface area contributed by atoms with E-state index in [0.29, 0.717) is 28.4 Å². The number of hydrogen-bond acceptors (Lipinski definition) is 5. The number of rotatable bonds is 6. The maximum Gasteiger partial charge on any atom is 0.255 e. The molecule has 0 heterocycles. The molecule has 2 rings (SSSR count). The van der Waals surface area contributed by atoms with Crippen LogP contribution in [0.3, 0.4) is 0 Å². The lowest BCUT2D eigenvalue weighted by atomic mass is 10.2. The van der Waals surface area contributed by atoms with E-state index in [1.165, 1.54) is 7.11 Å². The van der Waals surface area contributed by atoms with Gasteiger partial charge in [-0.2, -0.15) is 0 Å². The number of hydrogen-bond donors (Lipinski definition) is 3. The predicted molar refractivity (Wildman–Crippen MR) is 91.6 cm³/mol. The Labute approximate surface area is 139 Å². The third-order valence-corrected chi connectivity index (χ3v) is 3.29.